The van der Waals surface area contributed by atoms with Crippen molar-refractivity contribution >= 4 is 27.3 Å². The van der Waals surface area contributed by atoms with Crippen molar-refractivity contribution in [1.82, 2.24) is 5.32 Å². The molecular formula is C20H25N3O7S. The highest BCUT2D eigenvalue weighted by Gasteiger charge is 2.25. The molecule has 0 radical (unpaired) electrons. The van der Waals surface area contributed by atoms with Crippen LogP contribution in [0.5, 0.6) is 11.5 Å². The fourth-order valence-corrected chi connectivity index (χ4v) is 3.94. The van der Waals surface area contributed by atoms with Gasteiger partial charge in [-0.05, 0) is 37.6 Å². The van der Waals surface area contributed by atoms with Gasteiger partial charge >= 0.3 is 0 Å². The van der Waals surface area contributed by atoms with Gasteiger partial charge in [0.05, 0.1) is 37.1 Å². The van der Waals surface area contributed by atoms with E-state index in [2.05, 4.69) is 5.32 Å². The molecule has 0 saturated carbocycles. The molecule has 0 aliphatic rings. The van der Waals surface area contributed by atoms with Gasteiger partial charge in [-0.15, -0.1) is 0 Å². The Hall–Kier alpha value is -3.34. The normalized spacial score (nSPS) is 12.0. The average Bonchev–Trinajstić information content (AvgIpc) is 2.71. The van der Waals surface area contributed by atoms with Crippen molar-refractivity contribution < 1.29 is 27.6 Å². The Labute approximate surface area is 181 Å². The van der Waals surface area contributed by atoms with Crippen LogP contribution in [-0.2, 0) is 14.8 Å². The number of hydrogen-bond donors (Lipinski definition) is 1. The summed E-state index contributed by atoms with van der Waals surface area (Å²) in [5.41, 5.74) is 0.918. The number of carbonyl (C=O) groups is 1. The minimum Gasteiger partial charge on any atom is -0.497 e. The molecule has 0 aliphatic heterocycles. The first-order valence-electron chi connectivity index (χ1n) is 9.22. The van der Waals surface area contributed by atoms with E-state index in [1.807, 2.05) is 0 Å². The minimum absolute atomic E-state index is 0.0680. The molecule has 1 N–H and O–H groups in total. The molecule has 168 valence electrons. The topological polar surface area (TPSA) is 128 Å². The molecule has 1 unspecified atom stereocenters. The molecule has 0 aliphatic carbocycles. The summed E-state index contributed by atoms with van der Waals surface area (Å²) in [5.74, 6) is 0.513. The Balaban J connectivity index is 2.31. The van der Waals surface area contributed by atoms with Crippen LogP contribution >= 0.6 is 0 Å². The van der Waals surface area contributed by atoms with Gasteiger partial charge in [-0.25, -0.2) is 8.42 Å². The summed E-state index contributed by atoms with van der Waals surface area (Å²) in [6, 6.07) is 8.45. The van der Waals surface area contributed by atoms with Crippen molar-refractivity contribution in [2.24, 2.45) is 0 Å². The number of rotatable bonds is 9. The second-order valence-electron chi connectivity index (χ2n) is 6.89. The average molecular weight is 452 g/mol. The van der Waals surface area contributed by atoms with Gasteiger partial charge in [0, 0.05) is 17.7 Å². The number of aryl methyl sites for hydroxylation is 1. The zero-order valence-electron chi connectivity index (χ0n) is 17.9. The van der Waals surface area contributed by atoms with Crippen LogP contribution in [0.3, 0.4) is 0 Å². The van der Waals surface area contributed by atoms with Gasteiger partial charge in [0.25, 0.3) is 5.69 Å². The lowest BCUT2D eigenvalue weighted by atomic mass is 10.1. The number of hydrogen-bond acceptors (Lipinski definition) is 7. The number of nitro groups is 1. The van der Waals surface area contributed by atoms with E-state index in [0.29, 0.717) is 22.6 Å². The Kier molecular flexibility index (Phi) is 7.45. The van der Waals surface area contributed by atoms with Gasteiger partial charge in [0.2, 0.25) is 15.9 Å². The highest BCUT2D eigenvalue weighted by Crippen LogP contribution is 2.30. The van der Waals surface area contributed by atoms with Crippen LogP contribution in [0.1, 0.15) is 24.1 Å². The number of non-ortho nitro benzene ring substituents is 1. The predicted molar refractivity (Wildman–Crippen MR) is 116 cm³/mol. The van der Waals surface area contributed by atoms with Crippen LogP contribution < -0.4 is 19.1 Å². The number of nitrogens with zero attached hydrogens (tertiary/aromatic N) is 2. The zero-order valence-corrected chi connectivity index (χ0v) is 18.7. The molecule has 2 rings (SSSR count). The molecule has 0 saturated heterocycles. The lowest BCUT2D eigenvalue weighted by Gasteiger charge is -2.25. The van der Waals surface area contributed by atoms with Gasteiger partial charge in [0.1, 0.15) is 18.0 Å². The summed E-state index contributed by atoms with van der Waals surface area (Å²) < 4.78 is 36.1. The van der Waals surface area contributed by atoms with Crippen molar-refractivity contribution in [2.75, 3.05) is 31.3 Å². The van der Waals surface area contributed by atoms with Crippen LogP contribution in [0.4, 0.5) is 11.4 Å². The van der Waals surface area contributed by atoms with Crippen LogP contribution in [0.2, 0.25) is 0 Å². The lowest BCUT2D eigenvalue weighted by molar-refractivity contribution is -0.384. The van der Waals surface area contributed by atoms with Gasteiger partial charge in [-0.2, -0.15) is 0 Å². The van der Waals surface area contributed by atoms with Crippen molar-refractivity contribution in [3.63, 3.8) is 0 Å². The van der Waals surface area contributed by atoms with E-state index in [-0.39, 0.29) is 11.4 Å². The van der Waals surface area contributed by atoms with E-state index in [4.69, 9.17) is 9.47 Å². The fraction of sp³-hybridized carbons (Fsp3) is 0.350. The van der Waals surface area contributed by atoms with Crippen molar-refractivity contribution in [3.8, 4) is 11.5 Å². The monoisotopic (exact) mass is 451 g/mol. The SMILES string of the molecule is COc1ccc(OC)c(C(C)NC(=O)CN(c2cc([N+](=O)[O-])ccc2C)S(C)(=O)=O)c1. The number of amides is 1. The number of benzene rings is 2. The number of sulfonamides is 1. The summed E-state index contributed by atoms with van der Waals surface area (Å²) in [6.45, 7) is 2.79. The predicted octanol–water partition coefficient (Wildman–Crippen LogP) is 2.56. The molecule has 0 fully saturated rings. The molecule has 31 heavy (non-hydrogen) atoms. The van der Waals surface area contributed by atoms with Crippen molar-refractivity contribution in [1.29, 1.82) is 0 Å². The van der Waals surface area contributed by atoms with E-state index < -0.39 is 33.4 Å². The maximum absolute atomic E-state index is 12.7. The van der Waals surface area contributed by atoms with E-state index in [1.54, 1.807) is 32.0 Å². The van der Waals surface area contributed by atoms with E-state index in [9.17, 15) is 23.3 Å². The number of nitrogens with one attached hydrogen (secondary N) is 1. The second kappa shape index (κ2) is 9.65. The molecule has 0 heterocycles. The maximum Gasteiger partial charge on any atom is 0.271 e. The number of ether oxygens (including phenoxy) is 2. The quantitative estimate of drug-likeness (QED) is 0.458. The summed E-state index contributed by atoms with van der Waals surface area (Å²) in [6.07, 6.45) is 0.938. The van der Waals surface area contributed by atoms with E-state index in [0.717, 1.165) is 16.6 Å². The summed E-state index contributed by atoms with van der Waals surface area (Å²) in [7, 11) is -0.886. The van der Waals surface area contributed by atoms with Crippen molar-refractivity contribution in [2.45, 2.75) is 19.9 Å². The smallest absolute Gasteiger partial charge is 0.271 e. The number of anilines is 1. The first kappa shape index (κ1) is 23.9. The third-order valence-corrected chi connectivity index (χ3v) is 5.77. The molecule has 0 spiro atoms. The molecule has 1 atom stereocenters. The molecule has 0 aromatic heterocycles. The molecular weight excluding hydrogens is 426 g/mol. The number of carbonyl (C=O) groups excluding carboxylic acids is 1. The minimum atomic E-state index is -3.90. The summed E-state index contributed by atoms with van der Waals surface area (Å²) in [4.78, 5) is 23.2. The molecule has 0 bridgehead atoms. The maximum atomic E-state index is 12.7. The standard InChI is InChI=1S/C20H25N3O7S/c1-13-6-7-15(23(25)26)10-18(13)22(31(5,27)28)12-20(24)21-14(2)17-11-16(29-3)8-9-19(17)30-4/h6-11,14H,12H2,1-5H3,(H,21,24). The molecule has 11 heteroatoms. The lowest BCUT2D eigenvalue weighted by Crippen LogP contribution is -2.41. The molecule has 1 amide bonds. The third kappa shape index (κ3) is 5.85. The van der Waals surface area contributed by atoms with E-state index in [1.165, 1.54) is 26.4 Å². The van der Waals surface area contributed by atoms with Crippen LogP contribution in [-0.4, -0.2) is 46.3 Å². The summed E-state index contributed by atoms with van der Waals surface area (Å²) in [5, 5.41) is 13.8. The largest absolute Gasteiger partial charge is 0.497 e. The zero-order chi connectivity index (χ0) is 23.3. The molecule has 2 aromatic carbocycles. The van der Waals surface area contributed by atoms with Gasteiger partial charge < -0.3 is 14.8 Å². The van der Waals surface area contributed by atoms with E-state index >= 15 is 0 Å². The highest BCUT2D eigenvalue weighted by molar-refractivity contribution is 7.92. The Morgan fingerprint density at radius 1 is 1.19 bits per heavy atom. The molecule has 2 aromatic rings. The number of nitro benzene ring substituents is 1. The highest BCUT2D eigenvalue weighted by atomic mass is 32.2. The Bertz CT molecular complexity index is 1090. The third-order valence-electron chi connectivity index (χ3n) is 4.64. The fourth-order valence-electron chi connectivity index (χ4n) is 3.03. The second-order valence-corrected chi connectivity index (χ2v) is 8.80. The van der Waals surface area contributed by atoms with Crippen molar-refractivity contribution in [3.05, 3.63) is 57.6 Å². The Morgan fingerprint density at radius 3 is 2.42 bits per heavy atom. The molecule has 10 nitrogen and oxygen atoms in total. The van der Waals surface area contributed by atoms with Crippen LogP contribution in [0, 0.1) is 17.0 Å². The van der Waals surface area contributed by atoms with Gasteiger partial charge in [-0.3, -0.25) is 19.2 Å². The van der Waals surface area contributed by atoms with Crippen LogP contribution in [0.25, 0.3) is 0 Å². The summed E-state index contributed by atoms with van der Waals surface area (Å²) >= 11 is 0. The van der Waals surface area contributed by atoms with Gasteiger partial charge in [-0.1, -0.05) is 6.07 Å². The number of methoxy groups -OCH3 is 2. The first-order valence-corrected chi connectivity index (χ1v) is 11.1. The first-order chi connectivity index (χ1) is 14.5. The van der Waals surface area contributed by atoms with Crippen LogP contribution in [0.15, 0.2) is 36.4 Å². The Morgan fingerprint density at radius 2 is 1.87 bits per heavy atom. The van der Waals surface area contributed by atoms with Gasteiger partial charge in [0.15, 0.2) is 0 Å².